The van der Waals surface area contributed by atoms with Gasteiger partial charge in [0.05, 0.1) is 5.69 Å². The number of rotatable bonds is 3. The number of hydrogen-bond acceptors (Lipinski definition) is 3. The Morgan fingerprint density at radius 1 is 0.950 bits per heavy atom. The molecule has 0 radical (unpaired) electrons. The lowest BCUT2D eigenvalue weighted by atomic mass is 10.1. The molecule has 2 nitrogen and oxygen atoms in total. The number of benzene rings is 2. The highest BCUT2D eigenvalue weighted by Crippen LogP contribution is 2.25. The molecule has 1 heterocycles. The third-order valence-electron chi connectivity index (χ3n) is 2.88. The van der Waals surface area contributed by atoms with Crippen LogP contribution in [-0.2, 0) is 0 Å². The van der Waals surface area contributed by atoms with Gasteiger partial charge < -0.3 is 5.11 Å². The Hall–Kier alpha value is -2.39. The summed E-state index contributed by atoms with van der Waals surface area (Å²) in [5.74, 6) is 0.229. The molecule has 0 aliphatic carbocycles. The topological polar surface area (TPSA) is 32.6 Å². The molecule has 3 rings (SSSR count). The van der Waals surface area contributed by atoms with Crippen molar-refractivity contribution in [2.75, 3.05) is 0 Å². The Kier molecular flexibility index (Phi) is 3.61. The van der Waals surface area contributed by atoms with E-state index in [1.54, 1.807) is 29.5 Å². The van der Waals surface area contributed by atoms with Crippen LogP contribution in [0.25, 0.3) is 10.4 Å². The molecule has 3 heteroatoms. The highest BCUT2D eigenvalue weighted by Gasteiger charge is 1.99. The second-order valence-corrected chi connectivity index (χ2v) is 5.33. The van der Waals surface area contributed by atoms with Crippen LogP contribution in [0.15, 0.2) is 71.0 Å². The molecule has 0 unspecified atom stereocenters. The summed E-state index contributed by atoms with van der Waals surface area (Å²) in [6.07, 6.45) is 1.81. The maximum atomic E-state index is 9.41. The zero-order valence-corrected chi connectivity index (χ0v) is 11.5. The lowest BCUT2D eigenvalue weighted by molar-refractivity contribution is 0.475. The molecule has 20 heavy (non-hydrogen) atoms. The molecule has 2 aromatic carbocycles. The molecule has 0 bridgehead atoms. The smallest absolute Gasteiger partial charge is 0.117 e. The minimum atomic E-state index is 0.229. The SMILES string of the molecule is Oc1cccc(N=Cc2cccc(-c3cccs3)c2)c1. The average molecular weight is 279 g/mol. The van der Waals surface area contributed by atoms with Crippen LogP contribution in [0.4, 0.5) is 5.69 Å². The summed E-state index contributed by atoms with van der Waals surface area (Å²) in [5.41, 5.74) is 2.98. The van der Waals surface area contributed by atoms with Gasteiger partial charge in [-0.25, -0.2) is 0 Å². The molecule has 0 fully saturated rings. The fourth-order valence-electron chi connectivity index (χ4n) is 1.94. The first kappa shape index (κ1) is 12.6. The number of phenols is 1. The number of aliphatic imine (C=N–C) groups is 1. The molecule has 0 saturated heterocycles. The Bertz CT molecular complexity index is 732. The average Bonchev–Trinajstić information content (AvgIpc) is 3.00. The zero-order chi connectivity index (χ0) is 13.8. The molecule has 0 amide bonds. The summed E-state index contributed by atoms with van der Waals surface area (Å²) in [5, 5.41) is 11.5. The highest BCUT2D eigenvalue weighted by molar-refractivity contribution is 7.13. The summed E-state index contributed by atoms with van der Waals surface area (Å²) in [7, 11) is 0. The fraction of sp³-hybridized carbons (Fsp3) is 0. The van der Waals surface area contributed by atoms with Crippen molar-refractivity contribution in [2.45, 2.75) is 0 Å². The van der Waals surface area contributed by atoms with Crippen LogP contribution in [0.1, 0.15) is 5.56 Å². The lowest BCUT2D eigenvalue weighted by Crippen LogP contribution is -1.81. The van der Waals surface area contributed by atoms with E-state index in [4.69, 9.17) is 0 Å². The van der Waals surface area contributed by atoms with Crippen molar-refractivity contribution in [3.8, 4) is 16.2 Å². The van der Waals surface area contributed by atoms with E-state index in [0.29, 0.717) is 0 Å². The summed E-state index contributed by atoms with van der Waals surface area (Å²) in [6.45, 7) is 0. The molecular formula is C17H13NOS. The van der Waals surface area contributed by atoms with Gasteiger partial charge in [-0.1, -0.05) is 30.3 Å². The molecule has 3 aromatic rings. The van der Waals surface area contributed by atoms with Gasteiger partial charge in [0.1, 0.15) is 5.75 Å². The summed E-state index contributed by atoms with van der Waals surface area (Å²) >= 11 is 1.72. The first-order chi connectivity index (χ1) is 9.81. The van der Waals surface area contributed by atoms with Crippen LogP contribution in [0.3, 0.4) is 0 Å². The van der Waals surface area contributed by atoms with E-state index in [0.717, 1.165) is 11.3 Å². The normalized spacial score (nSPS) is 11.0. The van der Waals surface area contributed by atoms with Crippen molar-refractivity contribution in [1.82, 2.24) is 0 Å². The van der Waals surface area contributed by atoms with E-state index in [1.165, 1.54) is 10.4 Å². The maximum Gasteiger partial charge on any atom is 0.117 e. The fourth-order valence-corrected chi connectivity index (χ4v) is 2.66. The van der Waals surface area contributed by atoms with E-state index in [2.05, 4.69) is 28.6 Å². The van der Waals surface area contributed by atoms with Crippen molar-refractivity contribution in [3.63, 3.8) is 0 Å². The summed E-state index contributed by atoms with van der Waals surface area (Å²) in [4.78, 5) is 5.63. The lowest BCUT2D eigenvalue weighted by Gasteiger charge is -1.99. The van der Waals surface area contributed by atoms with E-state index in [-0.39, 0.29) is 5.75 Å². The number of thiophene rings is 1. The quantitative estimate of drug-likeness (QED) is 0.681. The van der Waals surface area contributed by atoms with Crippen LogP contribution >= 0.6 is 11.3 Å². The maximum absolute atomic E-state index is 9.41. The van der Waals surface area contributed by atoms with Crippen LogP contribution in [0.5, 0.6) is 5.75 Å². The van der Waals surface area contributed by atoms with Gasteiger partial charge in [-0.2, -0.15) is 0 Å². The molecule has 0 atom stereocenters. The van der Waals surface area contributed by atoms with Gasteiger partial charge in [0, 0.05) is 17.2 Å². The minimum Gasteiger partial charge on any atom is -0.508 e. The largest absolute Gasteiger partial charge is 0.508 e. The number of nitrogens with zero attached hydrogens (tertiary/aromatic N) is 1. The third kappa shape index (κ3) is 2.95. The van der Waals surface area contributed by atoms with E-state index >= 15 is 0 Å². The van der Waals surface area contributed by atoms with Crippen LogP contribution in [0.2, 0.25) is 0 Å². The van der Waals surface area contributed by atoms with Crippen LogP contribution < -0.4 is 0 Å². The Balaban J connectivity index is 1.86. The molecule has 0 saturated carbocycles. The van der Waals surface area contributed by atoms with Gasteiger partial charge in [0.2, 0.25) is 0 Å². The molecule has 1 N–H and O–H groups in total. The standard InChI is InChI=1S/C17H13NOS/c19-16-7-2-6-15(11-16)18-12-13-4-1-5-14(10-13)17-8-3-9-20-17/h1-12,19H. The van der Waals surface area contributed by atoms with Gasteiger partial charge in [-0.05, 0) is 40.8 Å². The zero-order valence-electron chi connectivity index (χ0n) is 10.7. The minimum absolute atomic E-state index is 0.229. The second kappa shape index (κ2) is 5.72. The van der Waals surface area contributed by atoms with Gasteiger partial charge in [0.25, 0.3) is 0 Å². The first-order valence-corrected chi connectivity index (χ1v) is 7.16. The molecule has 0 spiro atoms. The van der Waals surface area contributed by atoms with Gasteiger partial charge >= 0.3 is 0 Å². The monoisotopic (exact) mass is 279 g/mol. The van der Waals surface area contributed by atoms with E-state index < -0.39 is 0 Å². The number of hydrogen-bond donors (Lipinski definition) is 1. The Labute approximate surface area is 121 Å². The van der Waals surface area contributed by atoms with Gasteiger partial charge in [0.15, 0.2) is 0 Å². The predicted octanol–water partition coefficient (Wildman–Crippen LogP) is 4.87. The van der Waals surface area contributed by atoms with Gasteiger partial charge in [-0.3, -0.25) is 4.99 Å². The Morgan fingerprint density at radius 3 is 2.65 bits per heavy atom. The van der Waals surface area contributed by atoms with Crippen molar-refractivity contribution >= 4 is 23.2 Å². The van der Waals surface area contributed by atoms with E-state index in [1.807, 2.05) is 30.5 Å². The van der Waals surface area contributed by atoms with Crippen molar-refractivity contribution in [1.29, 1.82) is 0 Å². The Morgan fingerprint density at radius 2 is 1.85 bits per heavy atom. The number of aromatic hydroxyl groups is 1. The molecule has 0 aliphatic heterocycles. The van der Waals surface area contributed by atoms with Gasteiger partial charge in [-0.15, -0.1) is 11.3 Å². The predicted molar refractivity (Wildman–Crippen MR) is 85.1 cm³/mol. The van der Waals surface area contributed by atoms with E-state index in [9.17, 15) is 5.11 Å². The van der Waals surface area contributed by atoms with Crippen LogP contribution in [-0.4, -0.2) is 11.3 Å². The first-order valence-electron chi connectivity index (χ1n) is 6.28. The molecule has 0 aliphatic rings. The molecule has 98 valence electrons. The molecule has 1 aromatic heterocycles. The van der Waals surface area contributed by atoms with Crippen molar-refractivity contribution in [3.05, 3.63) is 71.6 Å². The number of phenolic OH excluding ortho intramolecular Hbond substituents is 1. The summed E-state index contributed by atoms with van der Waals surface area (Å²) < 4.78 is 0. The highest BCUT2D eigenvalue weighted by atomic mass is 32.1. The van der Waals surface area contributed by atoms with Crippen molar-refractivity contribution in [2.24, 2.45) is 4.99 Å². The second-order valence-electron chi connectivity index (χ2n) is 4.38. The summed E-state index contributed by atoms with van der Waals surface area (Å²) in [6, 6.07) is 19.3. The third-order valence-corrected chi connectivity index (χ3v) is 3.80. The molecular weight excluding hydrogens is 266 g/mol. The van der Waals surface area contributed by atoms with Crippen LogP contribution in [0, 0.1) is 0 Å². The van der Waals surface area contributed by atoms with Crippen molar-refractivity contribution < 1.29 is 5.11 Å².